The molecule has 0 aromatic carbocycles. The first-order valence-electron chi connectivity index (χ1n) is 5.95. The van der Waals surface area contributed by atoms with Crippen LogP contribution in [0.15, 0.2) is 18.5 Å². The lowest BCUT2D eigenvalue weighted by molar-refractivity contribution is -0.136. The smallest absolute Gasteiger partial charge is 0.227 e. The molecule has 5 heteroatoms. The van der Waals surface area contributed by atoms with Gasteiger partial charge in [-0.15, -0.1) is 0 Å². The molecule has 1 aliphatic heterocycles. The largest absolute Gasteiger partial charge is 0.381 e. The molecule has 0 radical (unpaired) electrons. The lowest BCUT2D eigenvalue weighted by Gasteiger charge is -2.34. The van der Waals surface area contributed by atoms with Gasteiger partial charge >= 0.3 is 0 Å². The van der Waals surface area contributed by atoms with Gasteiger partial charge in [-0.05, 0) is 24.5 Å². The number of H-pyrrole nitrogens is 1. The molecule has 2 rings (SSSR count). The normalized spacial score (nSPS) is 18.9. The summed E-state index contributed by atoms with van der Waals surface area (Å²) in [5.41, 5.74) is 6.40. The molecule has 4 N–H and O–H groups in total. The molecule has 17 heavy (non-hydrogen) atoms. The van der Waals surface area contributed by atoms with E-state index in [0.717, 1.165) is 5.56 Å². The van der Waals surface area contributed by atoms with Gasteiger partial charge in [0.05, 0.1) is 5.41 Å². The van der Waals surface area contributed by atoms with Crippen LogP contribution in [0.5, 0.6) is 0 Å². The molecule has 1 aromatic rings. The van der Waals surface area contributed by atoms with Gasteiger partial charge in [-0.3, -0.25) is 4.79 Å². The van der Waals surface area contributed by atoms with Crippen LogP contribution in [0.25, 0.3) is 0 Å². The maximum Gasteiger partial charge on any atom is 0.227 e. The topological polar surface area (TPSA) is 80.1 Å². The van der Waals surface area contributed by atoms with Gasteiger partial charge < -0.3 is 20.8 Å². The maximum atomic E-state index is 12.2. The van der Waals surface area contributed by atoms with Crippen molar-refractivity contribution in [1.82, 2.24) is 10.3 Å². The summed E-state index contributed by atoms with van der Waals surface area (Å²) in [6.45, 7) is 2.17. The predicted molar refractivity (Wildman–Crippen MR) is 64.2 cm³/mol. The highest BCUT2D eigenvalue weighted by atomic mass is 16.5. The van der Waals surface area contributed by atoms with Crippen molar-refractivity contribution in [2.45, 2.75) is 19.4 Å². The molecule has 1 aromatic heterocycles. The average molecular weight is 237 g/mol. The van der Waals surface area contributed by atoms with Crippen molar-refractivity contribution in [3.63, 3.8) is 0 Å². The van der Waals surface area contributed by atoms with Crippen LogP contribution in [0.4, 0.5) is 0 Å². The van der Waals surface area contributed by atoms with Gasteiger partial charge in [0.15, 0.2) is 0 Å². The van der Waals surface area contributed by atoms with Crippen LogP contribution >= 0.6 is 0 Å². The minimum absolute atomic E-state index is 0.0458. The number of nitrogens with one attached hydrogen (secondary N) is 2. The van der Waals surface area contributed by atoms with E-state index in [0.29, 0.717) is 39.1 Å². The highest BCUT2D eigenvalue weighted by molar-refractivity contribution is 5.83. The van der Waals surface area contributed by atoms with Gasteiger partial charge in [-0.1, -0.05) is 0 Å². The fourth-order valence-electron chi connectivity index (χ4n) is 2.12. The van der Waals surface area contributed by atoms with Crippen molar-refractivity contribution in [3.8, 4) is 0 Å². The molecule has 2 heterocycles. The third-order valence-corrected chi connectivity index (χ3v) is 3.44. The molecule has 1 saturated heterocycles. The van der Waals surface area contributed by atoms with Gasteiger partial charge in [-0.2, -0.15) is 0 Å². The van der Waals surface area contributed by atoms with Crippen LogP contribution in [0, 0.1) is 5.41 Å². The number of carbonyl (C=O) groups is 1. The molecule has 0 unspecified atom stereocenters. The number of nitrogens with two attached hydrogens (primary N) is 1. The van der Waals surface area contributed by atoms with Crippen molar-refractivity contribution in [2.24, 2.45) is 11.1 Å². The zero-order chi connectivity index (χ0) is 12.1. The van der Waals surface area contributed by atoms with E-state index in [1.807, 2.05) is 18.5 Å². The van der Waals surface area contributed by atoms with Crippen LogP contribution in [0.2, 0.25) is 0 Å². The Labute approximate surface area is 101 Å². The van der Waals surface area contributed by atoms with E-state index in [-0.39, 0.29) is 5.91 Å². The number of ether oxygens (including phenoxy) is 1. The highest BCUT2D eigenvalue weighted by Gasteiger charge is 2.38. The number of rotatable bonds is 4. The van der Waals surface area contributed by atoms with Crippen molar-refractivity contribution >= 4 is 5.91 Å². The Morgan fingerprint density at radius 1 is 1.53 bits per heavy atom. The Kier molecular flexibility index (Phi) is 3.81. The first-order chi connectivity index (χ1) is 8.27. The quantitative estimate of drug-likeness (QED) is 0.708. The second-order valence-electron chi connectivity index (χ2n) is 4.50. The fourth-order valence-corrected chi connectivity index (χ4v) is 2.12. The monoisotopic (exact) mass is 237 g/mol. The summed E-state index contributed by atoms with van der Waals surface area (Å²) in [4.78, 5) is 15.1. The summed E-state index contributed by atoms with van der Waals surface area (Å²) in [6, 6.07) is 1.94. The van der Waals surface area contributed by atoms with E-state index >= 15 is 0 Å². The second kappa shape index (κ2) is 5.33. The first-order valence-corrected chi connectivity index (χ1v) is 5.95. The number of amides is 1. The molecule has 0 bridgehead atoms. The van der Waals surface area contributed by atoms with Crippen LogP contribution in [0.1, 0.15) is 18.4 Å². The lowest BCUT2D eigenvalue weighted by Crippen LogP contribution is -2.48. The summed E-state index contributed by atoms with van der Waals surface area (Å²) < 4.78 is 5.29. The first kappa shape index (κ1) is 12.1. The fraction of sp³-hybridized carbons (Fsp3) is 0.583. The van der Waals surface area contributed by atoms with E-state index in [4.69, 9.17) is 10.5 Å². The Bertz CT molecular complexity index is 356. The molecular weight excluding hydrogens is 218 g/mol. The molecule has 0 spiro atoms. The van der Waals surface area contributed by atoms with Gasteiger partial charge in [0.1, 0.15) is 0 Å². The molecular formula is C12H19N3O2. The second-order valence-corrected chi connectivity index (χ2v) is 4.50. The molecule has 1 aliphatic rings. The summed E-state index contributed by atoms with van der Waals surface area (Å²) in [7, 11) is 0. The number of aromatic amines is 1. The van der Waals surface area contributed by atoms with Crippen LogP contribution < -0.4 is 11.1 Å². The van der Waals surface area contributed by atoms with Gasteiger partial charge in [0, 0.05) is 38.7 Å². The molecule has 0 saturated carbocycles. The number of carbonyl (C=O) groups excluding carboxylic acids is 1. The van der Waals surface area contributed by atoms with E-state index < -0.39 is 5.41 Å². The number of aromatic nitrogens is 1. The van der Waals surface area contributed by atoms with Crippen LogP contribution in [-0.4, -0.2) is 30.6 Å². The summed E-state index contributed by atoms with van der Waals surface area (Å²) in [6.07, 6.45) is 5.14. The highest BCUT2D eigenvalue weighted by Crippen LogP contribution is 2.29. The molecule has 5 nitrogen and oxygen atoms in total. The Balaban J connectivity index is 1.93. The van der Waals surface area contributed by atoms with Crippen LogP contribution in [-0.2, 0) is 16.1 Å². The van der Waals surface area contributed by atoms with E-state index in [9.17, 15) is 4.79 Å². The number of hydrogen-bond acceptors (Lipinski definition) is 3. The standard InChI is InChI=1S/C12H19N3O2/c13-9-12(2-5-17-6-3-12)11(16)15-8-10-1-4-14-7-10/h1,4,7,14H,2-3,5-6,8-9,13H2,(H,15,16). The average Bonchev–Trinajstić information content (AvgIpc) is 2.90. The van der Waals surface area contributed by atoms with Crippen molar-refractivity contribution in [3.05, 3.63) is 24.0 Å². The van der Waals surface area contributed by atoms with E-state index in [1.165, 1.54) is 0 Å². The molecule has 1 amide bonds. The molecule has 0 aliphatic carbocycles. The number of hydrogen-bond donors (Lipinski definition) is 3. The van der Waals surface area contributed by atoms with Gasteiger partial charge in [0.2, 0.25) is 5.91 Å². The van der Waals surface area contributed by atoms with Crippen molar-refractivity contribution in [1.29, 1.82) is 0 Å². The minimum Gasteiger partial charge on any atom is -0.381 e. The molecule has 94 valence electrons. The van der Waals surface area contributed by atoms with E-state index in [1.54, 1.807) is 0 Å². The molecule has 0 atom stereocenters. The van der Waals surface area contributed by atoms with Gasteiger partial charge in [0.25, 0.3) is 0 Å². The zero-order valence-electron chi connectivity index (χ0n) is 9.87. The minimum atomic E-state index is -0.436. The third-order valence-electron chi connectivity index (χ3n) is 3.44. The van der Waals surface area contributed by atoms with E-state index in [2.05, 4.69) is 10.3 Å². The van der Waals surface area contributed by atoms with Gasteiger partial charge in [-0.25, -0.2) is 0 Å². The Hall–Kier alpha value is -1.33. The SMILES string of the molecule is NCC1(C(=O)NCc2cc[nH]c2)CCOCC1. The molecule has 1 fully saturated rings. The summed E-state index contributed by atoms with van der Waals surface area (Å²) in [5.74, 6) is 0.0458. The van der Waals surface area contributed by atoms with Crippen molar-refractivity contribution < 1.29 is 9.53 Å². The summed E-state index contributed by atoms with van der Waals surface area (Å²) >= 11 is 0. The lowest BCUT2D eigenvalue weighted by atomic mass is 9.79. The predicted octanol–water partition coefficient (Wildman–Crippen LogP) is 0.386. The maximum absolute atomic E-state index is 12.2. The Morgan fingerprint density at radius 3 is 2.88 bits per heavy atom. The third kappa shape index (κ3) is 2.68. The zero-order valence-corrected chi connectivity index (χ0v) is 9.87. The summed E-state index contributed by atoms with van der Waals surface area (Å²) in [5, 5.41) is 2.95. The van der Waals surface area contributed by atoms with Crippen LogP contribution in [0.3, 0.4) is 0 Å². The van der Waals surface area contributed by atoms with Crippen molar-refractivity contribution in [2.75, 3.05) is 19.8 Å². The Morgan fingerprint density at radius 2 is 2.29 bits per heavy atom.